The van der Waals surface area contributed by atoms with E-state index in [9.17, 15) is 18.3 Å². The molecular weight excluding hydrogens is 387 g/mol. The summed E-state index contributed by atoms with van der Waals surface area (Å²) in [5, 5.41) is 12.0. The van der Waals surface area contributed by atoms with E-state index < -0.39 is 17.4 Å². The predicted molar refractivity (Wildman–Crippen MR) is 99.2 cm³/mol. The van der Waals surface area contributed by atoms with Gasteiger partial charge in [-0.25, -0.2) is 0 Å². The van der Waals surface area contributed by atoms with Gasteiger partial charge < -0.3 is 24.2 Å². The highest BCUT2D eigenvalue weighted by Gasteiger charge is 2.55. The molecule has 0 aliphatic carbocycles. The summed E-state index contributed by atoms with van der Waals surface area (Å²) in [6.45, 7) is 4.08. The van der Waals surface area contributed by atoms with Crippen LogP contribution in [0.2, 0.25) is 0 Å². The van der Waals surface area contributed by atoms with Gasteiger partial charge in [-0.1, -0.05) is 25.1 Å². The van der Waals surface area contributed by atoms with Crippen molar-refractivity contribution in [2.45, 2.75) is 18.9 Å². The quantitative estimate of drug-likeness (QED) is 0.837. The number of hydrogen-bond acceptors (Lipinski definition) is 5. The Morgan fingerprint density at radius 1 is 0.966 bits per heavy atom. The number of alkyl halides is 3. The highest BCUT2D eigenvalue weighted by molar-refractivity contribution is 5.50. The Hall–Kier alpha value is -2.45. The topological polar surface area (TPSA) is 51.2 Å². The molecule has 0 amide bonds. The molecule has 2 heterocycles. The first-order chi connectivity index (χ1) is 13.6. The minimum absolute atomic E-state index is 0.332. The smallest absolute Gasteiger partial charge is 0.486 e. The van der Waals surface area contributed by atoms with E-state index in [0.717, 1.165) is 0 Å². The lowest BCUT2D eigenvalue weighted by atomic mass is 9.62. The van der Waals surface area contributed by atoms with Crippen molar-refractivity contribution < 1.29 is 32.5 Å². The lowest BCUT2D eigenvalue weighted by molar-refractivity contribution is -0.274. The van der Waals surface area contributed by atoms with Crippen molar-refractivity contribution in [1.82, 2.24) is 4.90 Å². The van der Waals surface area contributed by atoms with E-state index in [4.69, 9.17) is 9.47 Å². The van der Waals surface area contributed by atoms with Gasteiger partial charge in [-0.05, 0) is 42.4 Å². The van der Waals surface area contributed by atoms with E-state index in [1.165, 1.54) is 24.3 Å². The third-order valence-corrected chi connectivity index (χ3v) is 5.58. The molecule has 2 aliphatic rings. The van der Waals surface area contributed by atoms with Crippen LogP contribution in [-0.2, 0) is 5.60 Å². The van der Waals surface area contributed by atoms with E-state index in [0.29, 0.717) is 48.9 Å². The average molecular weight is 409 g/mol. The first-order valence-electron chi connectivity index (χ1n) is 9.28. The van der Waals surface area contributed by atoms with E-state index in [1.807, 2.05) is 14.0 Å². The first kappa shape index (κ1) is 19.8. The van der Waals surface area contributed by atoms with Crippen molar-refractivity contribution in [2.75, 3.05) is 33.4 Å². The number of nitrogens with zero attached hydrogens (tertiary/aromatic N) is 1. The van der Waals surface area contributed by atoms with Gasteiger partial charge >= 0.3 is 6.36 Å². The Balaban J connectivity index is 1.76. The fourth-order valence-electron chi connectivity index (χ4n) is 4.40. The van der Waals surface area contributed by atoms with Gasteiger partial charge in [0.05, 0.1) is 0 Å². The standard InChI is InChI=1S/C21H22F3NO4/c1-19(12-25(2)13-19)20(26,14-3-6-16(7-4-14)29-21(22,23)24)15-5-8-17-18(11-15)28-10-9-27-17/h3-8,11,26H,9-10,12-13H2,1-2H3/t20-/m0/s1. The van der Waals surface area contributed by atoms with Crippen LogP contribution in [-0.4, -0.2) is 49.7 Å². The minimum Gasteiger partial charge on any atom is -0.486 e. The monoisotopic (exact) mass is 409 g/mol. The molecule has 1 fully saturated rings. The Labute approximate surface area is 166 Å². The molecule has 0 saturated carbocycles. The summed E-state index contributed by atoms with van der Waals surface area (Å²) in [6, 6.07) is 10.7. The van der Waals surface area contributed by atoms with Crippen molar-refractivity contribution in [2.24, 2.45) is 5.41 Å². The molecule has 1 N–H and O–H groups in total. The molecule has 2 aromatic rings. The molecule has 29 heavy (non-hydrogen) atoms. The largest absolute Gasteiger partial charge is 0.573 e. The maximum Gasteiger partial charge on any atom is 0.573 e. The van der Waals surface area contributed by atoms with Crippen LogP contribution in [0.25, 0.3) is 0 Å². The van der Waals surface area contributed by atoms with Crippen LogP contribution in [0.4, 0.5) is 13.2 Å². The zero-order valence-corrected chi connectivity index (χ0v) is 16.1. The molecule has 2 aliphatic heterocycles. The van der Waals surface area contributed by atoms with Crippen LogP contribution in [0.1, 0.15) is 18.1 Å². The third kappa shape index (κ3) is 3.51. The molecular formula is C21H22F3NO4. The Morgan fingerprint density at radius 2 is 1.55 bits per heavy atom. The molecule has 0 spiro atoms. The Bertz CT molecular complexity index is 894. The van der Waals surface area contributed by atoms with E-state index in [-0.39, 0.29) is 5.75 Å². The van der Waals surface area contributed by atoms with Crippen molar-refractivity contribution in [1.29, 1.82) is 0 Å². The summed E-state index contributed by atoms with van der Waals surface area (Å²) < 4.78 is 52.7. The number of ether oxygens (including phenoxy) is 3. The number of likely N-dealkylation sites (tertiary alicyclic amines) is 1. The Kier molecular flexibility index (Phi) is 4.66. The molecule has 2 aromatic carbocycles. The first-order valence-corrected chi connectivity index (χ1v) is 9.28. The van der Waals surface area contributed by atoms with Gasteiger partial charge in [-0.2, -0.15) is 0 Å². The van der Waals surface area contributed by atoms with Crippen molar-refractivity contribution in [3.05, 3.63) is 53.6 Å². The molecule has 1 saturated heterocycles. The summed E-state index contributed by atoms with van der Waals surface area (Å²) in [6.07, 6.45) is -4.77. The zero-order chi connectivity index (χ0) is 20.9. The van der Waals surface area contributed by atoms with Crippen LogP contribution in [0, 0.1) is 5.41 Å². The highest BCUT2D eigenvalue weighted by atomic mass is 19.4. The molecule has 0 bridgehead atoms. The highest BCUT2D eigenvalue weighted by Crippen LogP contribution is 2.51. The van der Waals surface area contributed by atoms with Gasteiger partial charge in [0.25, 0.3) is 0 Å². The SMILES string of the molecule is CN1CC(C)([C@](O)(c2ccc(OC(F)(F)F)cc2)c2ccc3c(c2)OCCO3)C1. The molecule has 156 valence electrons. The van der Waals surface area contributed by atoms with Gasteiger partial charge in [-0.3, -0.25) is 0 Å². The van der Waals surface area contributed by atoms with E-state index in [1.54, 1.807) is 18.2 Å². The molecule has 5 nitrogen and oxygen atoms in total. The molecule has 0 radical (unpaired) electrons. The van der Waals surface area contributed by atoms with Gasteiger partial charge in [-0.15, -0.1) is 13.2 Å². The van der Waals surface area contributed by atoms with Crippen LogP contribution in [0.3, 0.4) is 0 Å². The summed E-state index contributed by atoms with van der Waals surface area (Å²) >= 11 is 0. The van der Waals surface area contributed by atoms with Gasteiger partial charge in [0.1, 0.15) is 24.6 Å². The van der Waals surface area contributed by atoms with Crippen LogP contribution in [0.15, 0.2) is 42.5 Å². The second-order valence-electron chi connectivity index (χ2n) is 7.87. The lowest BCUT2D eigenvalue weighted by Gasteiger charge is -2.56. The zero-order valence-electron chi connectivity index (χ0n) is 16.1. The van der Waals surface area contributed by atoms with Crippen molar-refractivity contribution in [3.63, 3.8) is 0 Å². The van der Waals surface area contributed by atoms with Crippen LogP contribution >= 0.6 is 0 Å². The maximum atomic E-state index is 12.5. The molecule has 0 unspecified atom stereocenters. The number of halogens is 3. The molecule has 1 atom stereocenters. The summed E-state index contributed by atoms with van der Waals surface area (Å²) in [7, 11) is 1.95. The minimum atomic E-state index is -4.77. The molecule has 8 heteroatoms. The van der Waals surface area contributed by atoms with Crippen molar-refractivity contribution >= 4 is 0 Å². The number of fused-ring (bicyclic) bond motifs is 1. The fraction of sp³-hybridized carbons (Fsp3) is 0.429. The van der Waals surface area contributed by atoms with Gasteiger partial charge in [0.2, 0.25) is 0 Å². The number of benzene rings is 2. The number of hydrogen-bond donors (Lipinski definition) is 1. The lowest BCUT2D eigenvalue weighted by Crippen LogP contribution is -2.63. The Morgan fingerprint density at radius 3 is 2.14 bits per heavy atom. The van der Waals surface area contributed by atoms with E-state index >= 15 is 0 Å². The average Bonchev–Trinajstić information content (AvgIpc) is 2.65. The molecule has 0 aromatic heterocycles. The number of rotatable bonds is 4. The van der Waals surface area contributed by atoms with Gasteiger partial charge in [0.15, 0.2) is 11.5 Å². The summed E-state index contributed by atoms with van der Waals surface area (Å²) in [4.78, 5) is 2.07. The molecule has 4 rings (SSSR count). The fourth-order valence-corrected chi connectivity index (χ4v) is 4.40. The summed E-state index contributed by atoms with van der Waals surface area (Å²) in [5.74, 6) is 0.814. The normalized spacial score (nSPS) is 20.5. The summed E-state index contributed by atoms with van der Waals surface area (Å²) in [5.41, 5.74) is -0.898. The van der Waals surface area contributed by atoms with Gasteiger partial charge in [0, 0.05) is 18.5 Å². The third-order valence-electron chi connectivity index (χ3n) is 5.58. The maximum absolute atomic E-state index is 12.5. The van der Waals surface area contributed by atoms with E-state index in [2.05, 4.69) is 9.64 Å². The van der Waals surface area contributed by atoms with Crippen LogP contribution in [0.5, 0.6) is 17.2 Å². The predicted octanol–water partition coefficient (Wildman–Crippen LogP) is 3.54. The second-order valence-corrected chi connectivity index (χ2v) is 7.87. The van der Waals surface area contributed by atoms with Crippen LogP contribution < -0.4 is 14.2 Å². The number of aliphatic hydroxyl groups is 1. The van der Waals surface area contributed by atoms with Crippen molar-refractivity contribution in [3.8, 4) is 17.2 Å². The second kappa shape index (κ2) is 6.81.